The second kappa shape index (κ2) is 4.97. The number of carboxylic acid groups (broad SMARTS) is 1. The van der Waals surface area contributed by atoms with Crippen molar-refractivity contribution < 1.29 is 19.8 Å². The highest BCUT2D eigenvalue weighted by molar-refractivity contribution is 5.82. The fourth-order valence-electron chi connectivity index (χ4n) is 1.27. The van der Waals surface area contributed by atoms with Gasteiger partial charge in [0.15, 0.2) is 0 Å². The van der Waals surface area contributed by atoms with Gasteiger partial charge in [-0.15, -0.1) is 0 Å². The molecule has 6 heteroatoms. The molecule has 15 heavy (non-hydrogen) atoms. The number of nitrogens with one attached hydrogen (secondary N) is 1. The zero-order chi connectivity index (χ0) is 11.4. The molecule has 1 fully saturated rings. The Morgan fingerprint density at radius 3 is 2.53 bits per heavy atom. The number of aliphatic carboxylic acids is 1. The van der Waals surface area contributed by atoms with Crippen molar-refractivity contribution in [3.05, 3.63) is 0 Å². The fourth-order valence-corrected chi connectivity index (χ4v) is 1.27. The lowest BCUT2D eigenvalue weighted by atomic mass is 10.2. The zero-order valence-corrected chi connectivity index (χ0v) is 8.64. The van der Waals surface area contributed by atoms with E-state index in [9.17, 15) is 9.59 Å². The molecule has 0 heterocycles. The first-order chi connectivity index (χ1) is 7.06. The summed E-state index contributed by atoms with van der Waals surface area (Å²) in [7, 11) is 1.64. The van der Waals surface area contributed by atoms with Crippen LogP contribution in [0.25, 0.3) is 0 Å². The molecule has 1 atom stereocenters. The molecule has 0 aliphatic heterocycles. The quantitative estimate of drug-likeness (QED) is 0.584. The number of hydrogen-bond acceptors (Lipinski definition) is 3. The molecule has 0 unspecified atom stereocenters. The Hall–Kier alpha value is -1.30. The largest absolute Gasteiger partial charge is 0.480 e. The van der Waals surface area contributed by atoms with Gasteiger partial charge >= 0.3 is 12.0 Å². The lowest BCUT2D eigenvalue weighted by molar-refractivity contribution is -0.139. The molecule has 0 radical (unpaired) electrons. The molecule has 86 valence electrons. The minimum atomic E-state index is -1.12. The summed E-state index contributed by atoms with van der Waals surface area (Å²) in [5.41, 5.74) is 0. The van der Waals surface area contributed by atoms with Crippen LogP contribution >= 0.6 is 0 Å². The van der Waals surface area contributed by atoms with Crippen molar-refractivity contribution in [2.45, 2.75) is 31.3 Å². The molecule has 0 bridgehead atoms. The van der Waals surface area contributed by atoms with Crippen LogP contribution in [0.1, 0.15) is 19.3 Å². The van der Waals surface area contributed by atoms with Gasteiger partial charge in [-0.2, -0.15) is 0 Å². The second-order valence-electron chi connectivity index (χ2n) is 3.69. The molecular formula is C9H16N2O4. The molecule has 6 nitrogen and oxygen atoms in total. The van der Waals surface area contributed by atoms with Crippen LogP contribution in [0.15, 0.2) is 0 Å². The molecule has 1 aliphatic carbocycles. The molecule has 0 aromatic heterocycles. The summed E-state index contributed by atoms with van der Waals surface area (Å²) >= 11 is 0. The summed E-state index contributed by atoms with van der Waals surface area (Å²) in [6, 6.07) is -1.16. The Balaban J connectivity index is 2.42. The van der Waals surface area contributed by atoms with E-state index in [1.54, 1.807) is 7.05 Å². The minimum Gasteiger partial charge on any atom is -0.480 e. The second-order valence-corrected chi connectivity index (χ2v) is 3.69. The third kappa shape index (κ3) is 3.39. The summed E-state index contributed by atoms with van der Waals surface area (Å²) in [5, 5.41) is 19.7. The van der Waals surface area contributed by atoms with Crippen LogP contribution < -0.4 is 5.32 Å². The van der Waals surface area contributed by atoms with Crippen LogP contribution in [0.4, 0.5) is 4.79 Å². The van der Waals surface area contributed by atoms with Crippen LogP contribution in [0, 0.1) is 0 Å². The predicted molar refractivity (Wildman–Crippen MR) is 52.4 cm³/mol. The number of urea groups is 1. The fraction of sp³-hybridized carbons (Fsp3) is 0.778. The number of carbonyl (C=O) groups excluding carboxylic acids is 1. The maximum Gasteiger partial charge on any atom is 0.326 e. The van der Waals surface area contributed by atoms with Crippen molar-refractivity contribution in [1.29, 1.82) is 0 Å². The molecule has 0 aromatic rings. The van der Waals surface area contributed by atoms with Crippen molar-refractivity contribution in [3.8, 4) is 0 Å². The predicted octanol–water partition coefficient (Wildman–Crippen LogP) is -0.374. The van der Waals surface area contributed by atoms with Gasteiger partial charge in [0.05, 0.1) is 0 Å². The van der Waals surface area contributed by atoms with Gasteiger partial charge in [-0.05, 0) is 12.8 Å². The standard InChI is InChI=1S/C9H16N2O4/c1-11(6-2-3-6)9(15)10-7(4-5-12)8(13)14/h6-7,12H,2-5H2,1H3,(H,10,15)(H,13,14)/t7-/m0/s1. The molecule has 3 N–H and O–H groups in total. The first-order valence-corrected chi connectivity index (χ1v) is 4.93. The van der Waals surface area contributed by atoms with Gasteiger partial charge < -0.3 is 20.4 Å². The Bertz CT molecular complexity index is 252. The summed E-state index contributed by atoms with van der Waals surface area (Å²) in [6.45, 7) is -0.260. The molecule has 1 saturated carbocycles. The lowest BCUT2D eigenvalue weighted by Gasteiger charge is -2.20. The van der Waals surface area contributed by atoms with E-state index < -0.39 is 18.0 Å². The Morgan fingerprint density at radius 2 is 2.13 bits per heavy atom. The zero-order valence-electron chi connectivity index (χ0n) is 8.64. The number of carboxylic acids is 1. The van der Waals surface area contributed by atoms with Crippen LogP contribution in [-0.4, -0.2) is 52.9 Å². The number of carbonyl (C=O) groups is 2. The van der Waals surface area contributed by atoms with Crippen molar-refractivity contribution in [1.82, 2.24) is 10.2 Å². The molecule has 0 saturated heterocycles. The van der Waals surface area contributed by atoms with Crippen LogP contribution in [0.5, 0.6) is 0 Å². The molecule has 1 aliphatic rings. The third-order valence-electron chi connectivity index (χ3n) is 2.43. The summed E-state index contributed by atoms with van der Waals surface area (Å²) in [6.07, 6.45) is 1.98. The van der Waals surface area contributed by atoms with E-state index in [2.05, 4.69) is 5.32 Å². The van der Waals surface area contributed by atoms with E-state index in [-0.39, 0.29) is 19.1 Å². The van der Waals surface area contributed by atoms with Gasteiger partial charge in [0.1, 0.15) is 6.04 Å². The van der Waals surface area contributed by atoms with Crippen LogP contribution in [-0.2, 0) is 4.79 Å². The first-order valence-electron chi connectivity index (χ1n) is 4.93. The number of aliphatic hydroxyl groups is 1. The highest BCUT2D eigenvalue weighted by Crippen LogP contribution is 2.25. The maximum atomic E-state index is 11.5. The van der Waals surface area contributed by atoms with Gasteiger partial charge in [0.25, 0.3) is 0 Å². The lowest BCUT2D eigenvalue weighted by Crippen LogP contribution is -2.47. The smallest absolute Gasteiger partial charge is 0.326 e. The van der Waals surface area contributed by atoms with Gasteiger partial charge in [0.2, 0.25) is 0 Å². The highest BCUT2D eigenvalue weighted by atomic mass is 16.4. The SMILES string of the molecule is CN(C(=O)N[C@@H](CCO)C(=O)O)C1CC1. The highest BCUT2D eigenvalue weighted by Gasteiger charge is 2.31. The average molecular weight is 216 g/mol. The molecule has 0 spiro atoms. The van der Waals surface area contributed by atoms with Crippen molar-refractivity contribution in [2.24, 2.45) is 0 Å². The van der Waals surface area contributed by atoms with Gasteiger partial charge in [-0.1, -0.05) is 0 Å². The molecule has 1 rings (SSSR count). The number of aliphatic hydroxyl groups excluding tert-OH is 1. The third-order valence-corrected chi connectivity index (χ3v) is 2.43. The van der Waals surface area contributed by atoms with E-state index in [0.29, 0.717) is 0 Å². The molecular weight excluding hydrogens is 200 g/mol. The minimum absolute atomic E-state index is 0.0274. The number of rotatable bonds is 5. The maximum absolute atomic E-state index is 11.5. The topological polar surface area (TPSA) is 89.9 Å². The van der Waals surface area contributed by atoms with E-state index in [1.807, 2.05) is 0 Å². The van der Waals surface area contributed by atoms with Crippen LogP contribution in [0.3, 0.4) is 0 Å². The summed E-state index contributed by atoms with van der Waals surface area (Å²) in [5.74, 6) is -1.12. The number of hydrogen-bond donors (Lipinski definition) is 3. The van der Waals surface area contributed by atoms with Crippen molar-refractivity contribution in [2.75, 3.05) is 13.7 Å². The van der Waals surface area contributed by atoms with E-state index in [0.717, 1.165) is 12.8 Å². The number of amides is 2. The van der Waals surface area contributed by atoms with Crippen LogP contribution in [0.2, 0.25) is 0 Å². The monoisotopic (exact) mass is 216 g/mol. The molecule has 0 aromatic carbocycles. The van der Waals surface area contributed by atoms with Gasteiger partial charge in [-0.25, -0.2) is 9.59 Å². The van der Waals surface area contributed by atoms with Crippen molar-refractivity contribution >= 4 is 12.0 Å². The Labute approximate surface area is 87.9 Å². The van der Waals surface area contributed by atoms with Gasteiger partial charge in [0, 0.05) is 26.1 Å². The summed E-state index contributed by atoms with van der Waals surface area (Å²) in [4.78, 5) is 23.7. The van der Waals surface area contributed by atoms with Gasteiger partial charge in [-0.3, -0.25) is 0 Å². The molecule has 2 amide bonds. The first kappa shape index (κ1) is 11.8. The normalized spacial score (nSPS) is 16.9. The van der Waals surface area contributed by atoms with Crippen molar-refractivity contribution in [3.63, 3.8) is 0 Å². The summed E-state index contributed by atoms with van der Waals surface area (Å²) < 4.78 is 0. The van der Waals surface area contributed by atoms with E-state index >= 15 is 0 Å². The Morgan fingerprint density at radius 1 is 1.53 bits per heavy atom. The number of nitrogens with zero attached hydrogens (tertiary/aromatic N) is 1. The Kier molecular flexibility index (Phi) is 3.90. The average Bonchev–Trinajstić information content (AvgIpc) is 2.98. The van der Waals surface area contributed by atoms with E-state index in [4.69, 9.17) is 10.2 Å². The van der Waals surface area contributed by atoms with E-state index in [1.165, 1.54) is 4.90 Å².